The third-order valence-corrected chi connectivity index (χ3v) is 22.3. The van der Waals surface area contributed by atoms with E-state index in [1.807, 2.05) is 199 Å². The summed E-state index contributed by atoms with van der Waals surface area (Å²) >= 11 is 14.7. The molecule has 13 rings (SSSR count). The Morgan fingerprint density at radius 3 is 1.50 bits per heavy atom. The number of para-hydroxylation sites is 3. The lowest BCUT2D eigenvalue weighted by molar-refractivity contribution is 0.0980. The largest absolute Gasteiger partial charge is 0.431 e. The smallest absolute Gasteiger partial charge is 0.256 e. The zero-order valence-electron chi connectivity index (χ0n) is 68.7. The second kappa shape index (κ2) is 66.7. The lowest BCUT2D eigenvalue weighted by Gasteiger charge is -2.16. The van der Waals surface area contributed by atoms with Gasteiger partial charge in [-0.15, -0.1) is 41.4 Å². The first-order chi connectivity index (χ1) is 54.3. The van der Waals surface area contributed by atoms with Crippen molar-refractivity contribution < 1.29 is 18.4 Å². The standard InChI is InChI=1S/C13H16N2S.C10H11NOS.C10H11NS2.C10H12O.C9H10O.C9H12.C8H9Cl.C8H9F.C8H11NS.C8H10.C4H8.3CH4/c1-3-8-16-13-12(14-2)9-10-6-4-5-7-11(10)15-13;1-2-7-13-10-11-8-5-3-4-6-9(8)12-10;1-2-7-12-10-11-8-5-3-4-6-9(8)13-10;1-3-10(11)9-6-4-8(2)5-7-9;1-2-9(10)8-6-4-3-5-7-8;1-3-9-6-4-8(2)5-7-9;1-6-3-4-7(2)8(9)5-6;1-2-7-3-5-8(9)6-4-7;1-2-7-10-8-5-3-4-6-9-8;1-2-8-6-4-3-5-7-8;1-3-4-2;;;/h9H,3-8H2,1H3;2*3-6H,2,7H2,1H3;4-7H,3H2,1-2H3;3-7H,2H2,1H3;4-7H,3H2,1-2H3;3-5H,1-2H3;3-6H,2H2,1H3;3-6H,2,7H2,1H3;3-7H,2H2,1H3;3H,1,4H2,2H3;3*1H4. The maximum absolute atomic E-state index is 12.2. The number of pyridine rings is 2. The van der Waals surface area contributed by atoms with Gasteiger partial charge in [0.25, 0.3) is 5.22 Å². The van der Waals surface area contributed by atoms with Crippen molar-refractivity contribution in [2.45, 2.75) is 229 Å². The van der Waals surface area contributed by atoms with Gasteiger partial charge >= 0.3 is 0 Å². The number of fused-ring (bicyclic) bond motifs is 3. The third-order valence-electron chi connectivity index (χ3n) is 16.1. The van der Waals surface area contributed by atoms with Crippen LogP contribution in [0.1, 0.15) is 220 Å². The first-order valence-electron chi connectivity index (χ1n) is 39.3. The van der Waals surface area contributed by atoms with Crippen LogP contribution in [0.2, 0.25) is 5.02 Å². The van der Waals surface area contributed by atoms with E-state index >= 15 is 0 Å². The Hall–Kier alpha value is -8.39. The summed E-state index contributed by atoms with van der Waals surface area (Å²) in [6.07, 6.45) is 18.6. The number of aromatic nitrogens is 4. The van der Waals surface area contributed by atoms with Crippen molar-refractivity contribution in [2.75, 3.05) is 23.0 Å². The van der Waals surface area contributed by atoms with Crippen LogP contribution < -0.4 is 0 Å². The molecule has 0 fully saturated rings. The number of benzene rings is 8. The van der Waals surface area contributed by atoms with E-state index in [2.05, 4.69) is 166 Å². The molecule has 15 heteroatoms. The summed E-state index contributed by atoms with van der Waals surface area (Å²) in [7, 11) is 0. The van der Waals surface area contributed by atoms with Gasteiger partial charge in [0, 0.05) is 52.4 Å². The van der Waals surface area contributed by atoms with E-state index in [0.29, 0.717) is 12.8 Å². The van der Waals surface area contributed by atoms with Crippen LogP contribution in [0.5, 0.6) is 0 Å². The van der Waals surface area contributed by atoms with Crippen molar-refractivity contribution in [3.63, 3.8) is 0 Å². The van der Waals surface area contributed by atoms with Gasteiger partial charge in [0.15, 0.2) is 21.5 Å². The van der Waals surface area contributed by atoms with Crippen molar-refractivity contribution in [2.24, 2.45) is 0 Å². The Balaban J connectivity index is 0.00000125. The fourth-order valence-corrected chi connectivity index (χ4v) is 14.0. The molecule has 0 unspecified atom stereocenters. The van der Waals surface area contributed by atoms with E-state index in [0.717, 1.165) is 128 Å². The van der Waals surface area contributed by atoms with E-state index in [1.54, 1.807) is 47.0 Å². The number of thioether (sulfide) groups is 4. The summed E-state index contributed by atoms with van der Waals surface area (Å²) in [4.78, 5) is 43.5. The molecule has 8 aromatic carbocycles. The Morgan fingerprint density at radius 2 is 1.00 bits per heavy atom. The quantitative estimate of drug-likeness (QED) is 0.0315. The number of thiazole rings is 1. The lowest BCUT2D eigenvalue weighted by atomic mass is 9.96. The highest BCUT2D eigenvalue weighted by Crippen LogP contribution is 2.34. The number of carbonyl (C=O) groups is 2. The van der Waals surface area contributed by atoms with Gasteiger partial charge in [-0.3, -0.25) is 14.6 Å². The van der Waals surface area contributed by atoms with E-state index in [9.17, 15) is 14.0 Å². The molecule has 4 heterocycles. The number of hydrogen-bond donors (Lipinski definition) is 0. The molecule has 0 N–H and O–H groups in total. The molecule has 0 spiro atoms. The molecular formula is C100H131ClFN5O3S5. The summed E-state index contributed by atoms with van der Waals surface area (Å²) in [5.74, 6) is 4.70. The summed E-state index contributed by atoms with van der Waals surface area (Å²) in [6, 6.07) is 73.0. The first-order valence-corrected chi connectivity index (χ1v) is 44.4. The summed E-state index contributed by atoms with van der Waals surface area (Å²) in [5, 5.41) is 3.71. The maximum Gasteiger partial charge on any atom is 0.256 e. The van der Waals surface area contributed by atoms with Gasteiger partial charge in [-0.2, -0.15) is 0 Å². The molecule has 0 saturated carbocycles. The fourth-order valence-electron chi connectivity index (χ4n) is 9.56. The average molecular weight is 1670 g/mol. The summed E-state index contributed by atoms with van der Waals surface area (Å²) in [6.45, 7) is 39.7. The summed E-state index contributed by atoms with van der Waals surface area (Å²) < 4.78 is 20.2. The Morgan fingerprint density at radius 1 is 0.522 bits per heavy atom. The molecule has 0 atom stereocenters. The minimum Gasteiger partial charge on any atom is -0.431 e. The molecule has 8 nitrogen and oxygen atoms in total. The molecule has 0 bridgehead atoms. The number of nitrogens with zero attached hydrogens (tertiary/aromatic N) is 5. The second-order valence-electron chi connectivity index (χ2n) is 25.6. The average Bonchev–Trinajstić information content (AvgIpc) is 0.973. The molecule has 0 aliphatic heterocycles. The van der Waals surface area contributed by atoms with Crippen molar-refractivity contribution in [3.8, 4) is 0 Å². The second-order valence-corrected chi connectivity index (χ2v) is 31.6. The van der Waals surface area contributed by atoms with Gasteiger partial charge in [0.2, 0.25) is 5.69 Å². The van der Waals surface area contributed by atoms with Gasteiger partial charge in [-0.1, -0.05) is 308 Å². The van der Waals surface area contributed by atoms with Gasteiger partial charge in [-0.05, 0) is 210 Å². The van der Waals surface area contributed by atoms with E-state index in [4.69, 9.17) is 22.6 Å². The molecule has 115 heavy (non-hydrogen) atoms. The van der Waals surface area contributed by atoms with Gasteiger partial charge in [-0.25, -0.2) is 24.2 Å². The number of hydrogen-bond acceptors (Lipinski definition) is 12. The topological polar surface area (TPSA) is 103 Å². The van der Waals surface area contributed by atoms with Gasteiger partial charge in [0.05, 0.1) is 21.8 Å². The van der Waals surface area contributed by atoms with E-state index in [-0.39, 0.29) is 39.7 Å². The van der Waals surface area contributed by atoms with Crippen LogP contribution in [-0.4, -0.2) is 54.5 Å². The van der Waals surface area contributed by atoms with Crippen molar-refractivity contribution in [1.29, 1.82) is 0 Å². The van der Waals surface area contributed by atoms with Gasteiger partial charge in [0.1, 0.15) is 16.4 Å². The van der Waals surface area contributed by atoms with Gasteiger partial charge < -0.3 is 4.42 Å². The van der Waals surface area contributed by atoms with Crippen LogP contribution in [-0.2, 0) is 32.1 Å². The minimum absolute atomic E-state index is 0. The molecule has 618 valence electrons. The number of rotatable bonds is 20. The van der Waals surface area contributed by atoms with Crippen LogP contribution in [0.3, 0.4) is 0 Å². The van der Waals surface area contributed by atoms with Crippen LogP contribution in [0.25, 0.3) is 26.2 Å². The molecule has 12 aromatic rings. The van der Waals surface area contributed by atoms with Crippen LogP contribution >= 0.6 is 70.0 Å². The minimum atomic E-state index is -0.160. The molecule has 0 radical (unpaired) electrons. The monoisotopic (exact) mass is 1660 g/mol. The van der Waals surface area contributed by atoms with Crippen molar-refractivity contribution >= 4 is 109 Å². The lowest BCUT2D eigenvalue weighted by Crippen LogP contribution is -2.05. The molecule has 4 aromatic heterocycles. The Kier molecular flexibility index (Phi) is 61.9. The maximum atomic E-state index is 12.2. The summed E-state index contributed by atoms with van der Waals surface area (Å²) in [5.41, 5.74) is 16.8. The first kappa shape index (κ1) is 107. The Labute approximate surface area is 719 Å². The number of Topliss-reactive ketones (excluding diaryl/α,β-unsaturated/α-hetero) is 2. The fraction of sp³-hybridized carbons (Fsp3) is 0.350. The number of aryl methyl sites for hydroxylation is 9. The molecule has 1 aliphatic carbocycles. The highest BCUT2D eigenvalue weighted by atomic mass is 35.5. The van der Waals surface area contributed by atoms with Crippen LogP contribution in [0, 0.1) is 40.1 Å². The third kappa shape index (κ3) is 46.2. The van der Waals surface area contributed by atoms with E-state index in [1.165, 1.54) is 97.2 Å². The molecule has 0 amide bonds. The number of oxazole rings is 1. The molecule has 0 saturated heterocycles. The zero-order chi connectivity index (χ0) is 81.9. The SMILES string of the molecule is C.C.C.C=CCC.CCC(=O)c1ccc(C)cc1.CCC(=O)c1ccccc1.CCCSc1ccccn1.CCCSc1nc2ccccc2o1.CCCSc1nc2ccccc2s1.CCc1ccc(C)cc1.CCc1ccc(F)cc1.CCc1ccccc1.Cc1ccc(C)c(Cl)c1.[C-]#[N+]c1cc2c(nc1SCCC)CCCC2. The van der Waals surface area contributed by atoms with E-state index < -0.39 is 0 Å². The molecular weight excluding hydrogens is 1530 g/mol. The van der Waals surface area contributed by atoms with Crippen molar-refractivity contribution in [3.05, 3.63) is 327 Å². The predicted molar refractivity (Wildman–Crippen MR) is 510 cm³/mol. The number of halogens is 2. The zero-order valence-corrected chi connectivity index (χ0v) is 73.5. The highest BCUT2D eigenvalue weighted by molar-refractivity contribution is 8.01. The highest BCUT2D eigenvalue weighted by Gasteiger charge is 2.15. The Bertz CT molecular complexity index is 4330. The van der Waals surface area contributed by atoms with Crippen LogP contribution in [0.4, 0.5) is 10.1 Å². The van der Waals surface area contributed by atoms with Crippen molar-refractivity contribution in [1.82, 2.24) is 19.9 Å². The predicted octanol–water partition coefficient (Wildman–Crippen LogP) is 32.2. The number of allylic oxidation sites excluding steroid dienone is 1. The number of carbonyl (C=O) groups excluding carboxylic acids is 2. The number of ketones is 2. The normalized spacial score (nSPS) is 10.1. The van der Waals surface area contributed by atoms with Crippen LogP contribution in [0.15, 0.2) is 267 Å². The molecule has 1 aliphatic rings.